The normalized spacial score (nSPS) is 10.4. The lowest BCUT2D eigenvalue weighted by Gasteiger charge is -2.20. The third-order valence-electron chi connectivity index (χ3n) is 2.63. The third kappa shape index (κ3) is 4.43. The fourth-order valence-electron chi connectivity index (χ4n) is 1.66. The van der Waals surface area contributed by atoms with Gasteiger partial charge in [-0.05, 0) is 26.0 Å². The van der Waals surface area contributed by atoms with Crippen LogP contribution in [-0.2, 0) is 4.79 Å². The van der Waals surface area contributed by atoms with E-state index in [1.165, 1.54) is 0 Å². The molecule has 0 atom stereocenters. The Labute approximate surface area is 108 Å². The lowest BCUT2D eigenvalue weighted by atomic mass is 10.3. The van der Waals surface area contributed by atoms with Crippen molar-refractivity contribution in [2.24, 2.45) is 0 Å². The van der Waals surface area contributed by atoms with Crippen LogP contribution in [0, 0.1) is 6.92 Å². The number of aromatic nitrogens is 1. The van der Waals surface area contributed by atoms with Crippen LogP contribution in [0.2, 0.25) is 0 Å². The first-order chi connectivity index (χ1) is 8.69. The summed E-state index contributed by atoms with van der Waals surface area (Å²) in [5.74, 6) is 0.0635. The number of hydrogen-bond acceptors (Lipinski definition) is 4. The molecule has 1 heterocycles. The van der Waals surface area contributed by atoms with Gasteiger partial charge in [-0.3, -0.25) is 9.78 Å². The molecule has 0 saturated heterocycles. The average Bonchev–Trinajstić information content (AvgIpc) is 2.38. The Kier molecular flexibility index (Phi) is 6.32. The van der Waals surface area contributed by atoms with Crippen LogP contribution in [0.3, 0.4) is 0 Å². The predicted molar refractivity (Wildman–Crippen MR) is 71.6 cm³/mol. The van der Waals surface area contributed by atoms with Crippen LogP contribution in [0.15, 0.2) is 18.3 Å². The monoisotopic (exact) mass is 251 g/mol. The summed E-state index contributed by atoms with van der Waals surface area (Å²) in [4.78, 5) is 17.9. The summed E-state index contributed by atoms with van der Waals surface area (Å²) >= 11 is 0. The first-order valence-corrected chi connectivity index (χ1v) is 6.23. The molecular formula is C13H21N3O2. The molecule has 0 unspecified atom stereocenters. The molecule has 0 saturated carbocycles. The highest BCUT2D eigenvalue weighted by Gasteiger charge is 2.13. The molecule has 5 heteroatoms. The molecule has 0 radical (unpaired) electrons. The Morgan fingerprint density at radius 3 is 2.78 bits per heavy atom. The number of carbonyl (C=O) groups is 1. The maximum Gasteiger partial charge on any atom is 0.228 e. The Balaban J connectivity index is 2.54. The summed E-state index contributed by atoms with van der Waals surface area (Å²) in [7, 11) is 0. The van der Waals surface area contributed by atoms with Crippen LogP contribution in [0.25, 0.3) is 0 Å². The zero-order valence-electron chi connectivity index (χ0n) is 11.0. The predicted octanol–water partition coefficient (Wildman–Crippen LogP) is 0.715. The van der Waals surface area contributed by atoms with Gasteiger partial charge in [0.15, 0.2) is 0 Å². The van der Waals surface area contributed by atoms with Gasteiger partial charge in [0.05, 0.1) is 18.5 Å². The number of carbonyl (C=O) groups excluding carboxylic acids is 1. The van der Waals surface area contributed by atoms with E-state index in [2.05, 4.69) is 10.3 Å². The summed E-state index contributed by atoms with van der Waals surface area (Å²) < 4.78 is 0. The van der Waals surface area contributed by atoms with Crippen LogP contribution in [0.4, 0.5) is 5.69 Å². The molecule has 0 aliphatic heterocycles. The van der Waals surface area contributed by atoms with Gasteiger partial charge < -0.3 is 15.3 Å². The highest BCUT2D eigenvalue weighted by atomic mass is 16.3. The molecule has 5 nitrogen and oxygen atoms in total. The van der Waals surface area contributed by atoms with Gasteiger partial charge in [-0.2, -0.15) is 0 Å². The lowest BCUT2D eigenvalue weighted by Crippen LogP contribution is -2.33. The third-order valence-corrected chi connectivity index (χ3v) is 2.63. The summed E-state index contributed by atoms with van der Waals surface area (Å²) in [6.07, 6.45) is 2.14. The van der Waals surface area contributed by atoms with Gasteiger partial charge in [0, 0.05) is 31.7 Å². The van der Waals surface area contributed by atoms with Gasteiger partial charge in [-0.25, -0.2) is 0 Å². The molecule has 2 N–H and O–H groups in total. The van der Waals surface area contributed by atoms with E-state index in [9.17, 15) is 4.79 Å². The second kappa shape index (κ2) is 7.79. The van der Waals surface area contributed by atoms with Crippen LogP contribution in [-0.4, -0.2) is 42.2 Å². The topological polar surface area (TPSA) is 65.5 Å². The fourth-order valence-corrected chi connectivity index (χ4v) is 1.66. The zero-order valence-corrected chi connectivity index (χ0v) is 11.0. The van der Waals surface area contributed by atoms with E-state index in [-0.39, 0.29) is 12.5 Å². The minimum absolute atomic E-state index is 0.0635. The van der Waals surface area contributed by atoms with Crippen molar-refractivity contribution < 1.29 is 9.90 Å². The van der Waals surface area contributed by atoms with E-state index in [1.54, 1.807) is 11.1 Å². The van der Waals surface area contributed by atoms with Crippen molar-refractivity contribution >= 4 is 11.6 Å². The van der Waals surface area contributed by atoms with Crippen LogP contribution >= 0.6 is 0 Å². The molecule has 0 aliphatic rings. The second-order valence-corrected chi connectivity index (χ2v) is 4.02. The summed E-state index contributed by atoms with van der Waals surface area (Å²) in [6.45, 7) is 5.68. The number of hydrogen-bond donors (Lipinski definition) is 2. The van der Waals surface area contributed by atoms with Crippen molar-refractivity contribution in [2.45, 2.75) is 20.3 Å². The van der Waals surface area contributed by atoms with Gasteiger partial charge in [0.2, 0.25) is 5.91 Å². The number of anilines is 1. The van der Waals surface area contributed by atoms with E-state index in [0.717, 1.165) is 11.4 Å². The van der Waals surface area contributed by atoms with Gasteiger partial charge in [-0.1, -0.05) is 0 Å². The molecule has 0 bridgehead atoms. The standard InChI is InChI=1S/C13H21N3O2/c1-3-16(12-5-4-11(2)15-10-12)13(18)6-7-14-8-9-17/h4-5,10,14,17H,3,6-9H2,1-2H3. The lowest BCUT2D eigenvalue weighted by molar-refractivity contribution is -0.118. The summed E-state index contributed by atoms with van der Waals surface area (Å²) in [5, 5.41) is 11.6. The smallest absolute Gasteiger partial charge is 0.228 e. The number of aliphatic hydroxyl groups is 1. The minimum Gasteiger partial charge on any atom is -0.395 e. The van der Waals surface area contributed by atoms with Gasteiger partial charge in [0.1, 0.15) is 0 Å². The average molecular weight is 251 g/mol. The van der Waals surface area contributed by atoms with Crippen molar-refractivity contribution in [2.75, 3.05) is 31.1 Å². The molecule has 1 rings (SSSR count). The van der Waals surface area contributed by atoms with E-state index in [0.29, 0.717) is 26.1 Å². The summed E-state index contributed by atoms with van der Waals surface area (Å²) in [5.41, 5.74) is 1.77. The molecule has 100 valence electrons. The Hall–Kier alpha value is -1.46. The Morgan fingerprint density at radius 1 is 1.44 bits per heavy atom. The summed E-state index contributed by atoms with van der Waals surface area (Å²) in [6, 6.07) is 3.81. The zero-order chi connectivity index (χ0) is 13.4. The van der Waals surface area contributed by atoms with Crippen LogP contribution in [0.5, 0.6) is 0 Å². The van der Waals surface area contributed by atoms with Crippen molar-refractivity contribution in [1.29, 1.82) is 0 Å². The minimum atomic E-state index is 0.0635. The molecule has 0 fully saturated rings. The van der Waals surface area contributed by atoms with Crippen molar-refractivity contribution in [3.8, 4) is 0 Å². The highest BCUT2D eigenvalue weighted by molar-refractivity contribution is 5.93. The van der Waals surface area contributed by atoms with Crippen molar-refractivity contribution in [3.05, 3.63) is 24.0 Å². The molecule has 0 aliphatic carbocycles. The van der Waals surface area contributed by atoms with E-state index in [1.807, 2.05) is 26.0 Å². The number of nitrogens with zero attached hydrogens (tertiary/aromatic N) is 2. The number of pyridine rings is 1. The first kappa shape index (κ1) is 14.6. The molecule has 1 amide bonds. The Morgan fingerprint density at radius 2 is 2.22 bits per heavy atom. The maximum atomic E-state index is 12.0. The molecule has 0 spiro atoms. The highest BCUT2D eigenvalue weighted by Crippen LogP contribution is 2.13. The molecule has 18 heavy (non-hydrogen) atoms. The largest absolute Gasteiger partial charge is 0.395 e. The SMILES string of the molecule is CCN(C(=O)CCNCCO)c1ccc(C)nc1. The number of nitrogens with one attached hydrogen (secondary N) is 1. The van der Waals surface area contributed by atoms with Crippen LogP contribution in [0.1, 0.15) is 19.0 Å². The van der Waals surface area contributed by atoms with Crippen molar-refractivity contribution in [3.63, 3.8) is 0 Å². The molecule has 1 aromatic rings. The number of amides is 1. The molecule has 1 aromatic heterocycles. The second-order valence-electron chi connectivity index (χ2n) is 4.02. The maximum absolute atomic E-state index is 12.0. The van der Waals surface area contributed by atoms with Crippen LogP contribution < -0.4 is 10.2 Å². The Bertz CT molecular complexity index is 365. The molecule has 0 aromatic carbocycles. The van der Waals surface area contributed by atoms with Gasteiger partial charge >= 0.3 is 0 Å². The fraction of sp³-hybridized carbons (Fsp3) is 0.538. The van der Waals surface area contributed by atoms with E-state index in [4.69, 9.17) is 5.11 Å². The quantitative estimate of drug-likeness (QED) is 0.701. The van der Waals surface area contributed by atoms with E-state index < -0.39 is 0 Å². The van der Waals surface area contributed by atoms with E-state index >= 15 is 0 Å². The number of rotatable bonds is 7. The molecular weight excluding hydrogens is 230 g/mol. The van der Waals surface area contributed by atoms with Crippen molar-refractivity contribution in [1.82, 2.24) is 10.3 Å². The first-order valence-electron chi connectivity index (χ1n) is 6.23. The number of aliphatic hydroxyl groups excluding tert-OH is 1. The van der Waals surface area contributed by atoms with Gasteiger partial charge in [0.25, 0.3) is 0 Å². The van der Waals surface area contributed by atoms with Gasteiger partial charge in [-0.15, -0.1) is 0 Å². The number of aryl methyl sites for hydroxylation is 1.